The normalized spacial score (nSPS) is 12.5. The van der Waals surface area contributed by atoms with Crippen LogP contribution in [0.25, 0.3) is 10.8 Å². The molecule has 1 unspecified atom stereocenters. The van der Waals surface area contributed by atoms with E-state index in [-0.39, 0.29) is 5.92 Å². The Morgan fingerprint density at radius 2 is 1.89 bits per heavy atom. The quantitative estimate of drug-likeness (QED) is 0.684. The third kappa shape index (κ3) is 2.98. The highest BCUT2D eigenvalue weighted by Gasteiger charge is 2.09. The molecule has 0 aliphatic heterocycles. The summed E-state index contributed by atoms with van der Waals surface area (Å²) in [7, 11) is 0. The molecule has 0 aromatic heterocycles. The van der Waals surface area contributed by atoms with Crippen LogP contribution in [0.15, 0.2) is 42.5 Å². The van der Waals surface area contributed by atoms with E-state index in [1.807, 2.05) is 0 Å². The predicted octanol–water partition coefficient (Wildman–Crippen LogP) is 4.39. The maximum absolute atomic E-state index is 11.2. The number of hydrogen-bond donors (Lipinski definition) is 0. The summed E-state index contributed by atoms with van der Waals surface area (Å²) in [5, 5.41) is 2.54. The molecule has 1 heteroatoms. The summed E-state index contributed by atoms with van der Waals surface area (Å²) in [6, 6.07) is 14.7. The Kier molecular flexibility index (Phi) is 4.52. The molecule has 2 aromatic rings. The van der Waals surface area contributed by atoms with Crippen molar-refractivity contribution < 1.29 is 4.79 Å². The second-order valence-corrected chi connectivity index (χ2v) is 4.88. The van der Waals surface area contributed by atoms with Gasteiger partial charge >= 0.3 is 0 Å². The van der Waals surface area contributed by atoms with Gasteiger partial charge < -0.3 is 4.79 Å². The number of fused-ring (bicyclic) bond motifs is 1. The molecular formula is C17H20O. The molecular weight excluding hydrogens is 220 g/mol. The summed E-state index contributed by atoms with van der Waals surface area (Å²) in [5.41, 5.74) is 1.29. The van der Waals surface area contributed by atoms with Crippen molar-refractivity contribution in [3.63, 3.8) is 0 Å². The van der Waals surface area contributed by atoms with Crippen LogP contribution in [-0.4, -0.2) is 6.29 Å². The number of benzene rings is 2. The van der Waals surface area contributed by atoms with E-state index in [9.17, 15) is 4.79 Å². The molecule has 0 radical (unpaired) electrons. The lowest BCUT2D eigenvalue weighted by Crippen LogP contribution is -2.06. The molecule has 2 rings (SSSR count). The number of carbonyl (C=O) groups is 1. The average Bonchev–Trinajstić information content (AvgIpc) is 2.43. The minimum Gasteiger partial charge on any atom is -0.303 e. The van der Waals surface area contributed by atoms with Crippen LogP contribution in [-0.2, 0) is 11.2 Å². The van der Waals surface area contributed by atoms with Crippen molar-refractivity contribution in [1.29, 1.82) is 0 Å². The summed E-state index contributed by atoms with van der Waals surface area (Å²) >= 11 is 0. The molecule has 18 heavy (non-hydrogen) atoms. The second-order valence-electron chi connectivity index (χ2n) is 4.88. The van der Waals surface area contributed by atoms with E-state index in [0.717, 1.165) is 32.0 Å². The third-order valence-corrected chi connectivity index (χ3v) is 3.48. The molecule has 0 saturated heterocycles. The van der Waals surface area contributed by atoms with Gasteiger partial charge in [0, 0.05) is 5.92 Å². The maximum Gasteiger partial charge on any atom is 0.123 e. The van der Waals surface area contributed by atoms with Gasteiger partial charge in [-0.05, 0) is 29.2 Å². The molecule has 2 aromatic carbocycles. The number of carbonyl (C=O) groups excluding carboxylic acids is 1. The molecule has 0 fully saturated rings. The van der Waals surface area contributed by atoms with Crippen LogP contribution in [0.4, 0.5) is 0 Å². The highest BCUT2D eigenvalue weighted by Crippen LogP contribution is 2.22. The van der Waals surface area contributed by atoms with Crippen LogP contribution in [0.3, 0.4) is 0 Å². The Labute approximate surface area is 109 Å². The van der Waals surface area contributed by atoms with Crippen molar-refractivity contribution in [3.8, 4) is 0 Å². The molecule has 0 bridgehead atoms. The SMILES string of the molecule is CCCCC(C=O)Cc1cccc2ccccc12. The van der Waals surface area contributed by atoms with Crippen molar-refractivity contribution in [2.75, 3.05) is 0 Å². The first kappa shape index (κ1) is 12.8. The first-order chi connectivity index (χ1) is 8.85. The third-order valence-electron chi connectivity index (χ3n) is 3.48. The number of rotatable bonds is 6. The molecule has 0 amide bonds. The fraction of sp³-hybridized carbons (Fsp3) is 0.353. The summed E-state index contributed by atoms with van der Waals surface area (Å²) in [6.45, 7) is 2.17. The van der Waals surface area contributed by atoms with Crippen molar-refractivity contribution >= 4 is 17.1 Å². The van der Waals surface area contributed by atoms with Gasteiger partial charge in [-0.1, -0.05) is 62.2 Å². The van der Waals surface area contributed by atoms with Crippen LogP contribution >= 0.6 is 0 Å². The second kappa shape index (κ2) is 6.34. The monoisotopic (exact) mass is 240 g/mol. The molecule has 94 valence electrons. The zero-order chi connectivity index (χ0) is 12.8. The van der Waals surface area contributed by atoms with Crippen LogP contribution in [0.5, 0.6) is 0 Å². The number of hydrogen-bond acceptors (Lipinski definition) is 1. The van der Waals surface area contributed by atoms with Gasteiger partial charge in [-0.2, -0.15) is 0 Å². The van der Waals surface area contributed by atoms with Crippen molar-refractivity contribution in [3.05, 3.63) is 48.0 Å². The molecule has 0 aliphatic rings. The van der Waals surface area contributed by atoms with E-state index >= 15 is 0 Å². The molecule has 1 nitrogen and oxygen atoms in total. The fourth-order valence-corrected chi connectivity index (χ4v) is 2.44. The summed E-state index contributed by atoms with van der Waals surface area (Å²) in [4.78, 5) is 11.2. The van der Waals surface area contributed by atoms with Gasteiger partial charge in [-0.3, -0.25) is 0 Å². The van der Waals surface area contributed by atoms with E-state index in [2.05, 4.69) is 49.4 Å². The summed E-state index contributed by atoms with van der Waals surface area (Å²) in [6.07, 6.45) is 5.28. The largest absolute Gasteiger partial charge is 0.303 e. The number of unbranched alkanes of at least 4 members (excludes halogenated alkanes) is 1. The highest BCUT2D eigenvalue weighted by molar-refractivity contribution is 5.85. The molecule has 0 heterocycles. The molecule has 0 saturated carbocycles. The van der Waals surface area contributed by atoms with Crippen LogP contribution in [0.2, 0.25) is 0 Å². The Morgan fingerprint density at radius 1 is 1.11 bits per heavy atom. The van der Waals surface area contributed by atoms with E-state index in [1.54, 1.807) is 0 Å². The minimum atomic E-state index is 0.163. The lowest BCUT2D eigenvalue weighted by molar-refractivity contribution is -0.111. The first-order valence-electron chi connectivity index (χ1n) is 6.77. The predicted molar refractivity (Wildman–Crippen MR) is 76.7 cm³/mol. The Hall–Kier alpha value is -1.63. The van der Waals surface area contributed by atoms with E-state index in [4.69, 9.17) is 0 Å². The van der Waals surface area contributed by atoms with Crippen LogP contribution in [0.1, 0.15) is 31.7 Å². The zero-order valence-corrected chi connectivity index (χ0v) is 10.9. The lowest BCUT2D eigenvalue weighted by Gasteiger charge is -2.11. The molecule has 0 N–H and O–H groups in total. The van der Waals surface area contributed by atoms with Crippen LogP contribution in [0, 0.1) is 5.92 Å². The van der Waals surface area contributed by atoms with Gasteiger partial charge in [0.25, 0.3) is 0 Å². The van der Waals surface area contributed by atoms with E-state index < -0.39 is 0 Å². The highest BCUT2D eigenvalue weighted by atomic mass is 16.1. The van der Waals surface area contributed by atoms with E-state index in [1.165, 1.54) is 16.3 Å². The topological polar surface area (TPSA) is 17.1 Å². The van der Waals surface area contributed by atoms with Crippen molar-refractivity contribution in [2.24, 2.45) is 5.92 Å². The van der Waals surface area contributed by atoms with Crippen LogP contribution < -0.4 is 0 Å². The molecule has 0 spiro atoms. The standard InChI is InChI=1S/C17H20O/c1-2-3-7-14(13-18)12-16-10-6-9-15-8-4-5-11-17(15)16/h4-6,8-11,13-14H,2-3,7,12H2,1H3. The Balaban J connectivity index is 2.22. The minimum absolute atomic E-state index is 0.163. The Morgan fingerprint density at radius 3 is 2.67 bits per heavy atom. The lowest BCUT2D eigenvalue weighted by atomic mass is 9.92. The van der Waals surface area contributed by atoms with Gasteiger partial charge in [0.15, 0.2) is 0 Å². The summed E-state index contributed by atoms with van der Waals surface area (Å²) < 4.78 is 0. The zero-order valence-electron chi connectivity index (χ0n) is 10.9. The Bertz CT molecular complexity index is 511. The van der Waals surface area contributed by atoms with Crippen molar-refractivity contribution in [2.45, 2.75) is 32.6 Å². The van der Waals surface area contributed by atoms with Crippen molar-refractivity contribution in [1.82, 2.24) is 0 Å². The smallest absolute Gasteiger partial charge is 0.123 e. The fourth-order valence-electron chi connectivity index (χ4n) is 2.44. The van der Waals surface area contributed by atoms with Gasteiger partial charge in [0.2, 0.25) is 0 Å². The number of aldehydes is 1. The summed E-state index contributed by atoms with van der Waals surface area (Å²) in [5.74, 6) is 0.163. The van der Waals surface area contributed by atoms with E-state index in [0.29, 0.717) is 0 Å². The first-order valence-corrected chi connectivity index (χ1v) is 6.77. The molecule has 1 atom stereocenters. The van der Waals surface area contributed by atoms with Gasteiger partial charge in [-0.25, -0.2) is 0 Å². The maximum atomic E-state index is 11.2. The van der Waals surface area contributed by atoms with Gasteiger partial charge in [0.1, 0.15) is 6.29 Å². The molecule has 0 aliphatic carbocycles. The average molecular weight is 240 g/mol. The van der Waals surface area contributed by atoms with Gasteiger partial charge in [0.05, 0.1) is 0 Å². The van der Waals surface area contributed by atoms with Gasteiger partial charge in [-0.15, -0.1) is 0 Å².